The predicted molar refractivity (Wildman–Crippen MR) is 77.4 cm³/mol. The van der Waals surface area contributed by atoms with E-state index in [0.29, 0.717) is 18.7 Å². The van der Waals surface area contributed by atoms with Crippen molar-refractivity contribution >= 4 is 21.8 Å². The predicted octanol–water partition coefficient (Wildman–Crippen LogP) is 1.96. The number of nitrogens with zero attached hydrogens (tertiary/aromatic N) is 1. The maximum absolute atomic E-state index is 12.1. The number of aliphatic hydroxyl groups is 1. The van der Waals surface area contributed by atoms with Crippen molar-refractivity contribution in [2.24, 2.45) is 0 Å². The lowest BCUT2D eigenvalue weighted by Gasteiger charge is -2.13. The molecular weight excluding hydrogens is 312 g/mol. The molecule has 5 nitrogen and oxygen atoms in total. The molecule has 1 rings (SSSR count). The lowest BCUT2D eigenvalue weighted by molar-refractivity contribution is 0.0587. The van der Waals surface area contributed by atoms with Gasteiger partial charge in [0.15, 0.2) is 0 Å². The van der Waals surface area contributed by atoms with Gasteiger partial charge in [-0.25, -0.2) is 0 Å². The molecule has 1 amide bonds. The van der Waals surface area contributed by atoms with Crippen molar-refractivity contribution in [1.82, 2.24) is 9.88 Å². The summed E-state index contributed by atoms with van der Waals surface area (Å²) in [4.78, 5) is 12.1. The van der Waals surface area contributed by atoms with Crippen LogP contribution in [0.5, 0.6) is 0 Å². The van der Waals surface area contributed by atoms with Gasteiger partial charge in [-0.1, -0.05) is 0 Å². The van der Waals surface area contributed by atoms with Gasteiger partial charge in [0.2, 0.25) is 0 Å². The monoisotopic (exact) mass is 332 g/mol. The van der Waals surface area contributed by atoms with Crippen LogP contribution in [0.1, 0.15) is 36.8 Å². The van der Waals surface area contributed by atoms with Crippen molar-refractivity contribution in [3.8, 4) is 0 Å². The van der Waals surface area contributed by atoms with E-state index in [-0.39, 0.29) is 18.6 Å². The van der Waals surface area contributed by atoms with Crippen LogP contribution in [0, 0.1) is 0 Å². The van der Waals surface area contributed by atoms with E-state index < -0.39 is 6.10 Å². The summed E-state index contributed by atoms with van der Waals surface area (Å²) in [5, 5.41) is 12.3. The van der Waals surface area contributed by atoms with Crippen molar-refractivity contribution in [2.75, 3.05) is 20.3 Å². The lowest BCUT2D eigenvalue weighted by atomic mass is 10.2. The smallest absolute Gasteiger partial charge is 0.267 e. The summed E-state index contributed by atoms with van der Waals surface area (Å²) in [6.45, 7) is 4.74. The molecule has 19 heavy (non-hydrogen) atoms. The maximum atomic E-state index is 12.1. The van der Waals surface area contributed by atoms with Gasteiger partial charge in [0.25, 0.3) is 5.91 Å². The summed E-state index contributed by atoms with van der Waals surface area (Å²) >= 11 is 3.37. The molecule has 1 unspecified atom stereocenters. The first-order valence-electron chi connectivity index (χ1n) is 6.28. The van der Waals surface area contributed by atoms with Crippen LogP contribution < -0.4 is 5.32 Å². The quantitative estimate of drug-likeness (QED) is 0.802. The molecule has 0 aliphatic rings. The first-order valence-corrected chi connectivity index (χ1v) is 7.07. The second-order valence-corrected chi connectivity index (χ2v) is 5.61. The van der Waals surface area contributed by atoms with Gasteiger partial charge in [-0.05, 0) is 42.3 Å². The number of halogens is 1. The molecule has 0 spiro atoms. The summed E-state index contributed by atoms with van der Waals surface area (Å²) in [7, 11) is 1.54. The van der Waals surface area contributed by atoms with Gasteiger partial charge < -0.3 is 19.7 Å². The summed E-state index contributed by atoms with van der Waals surface area (Å²) in [6, 6.07) is 2.01. The number of hydrogen-bond donors (Lipinski definition) is 2. The highest BCUT2D eigenvalue weighted by atomic mass is 79.9. The summed E-state index contributed by atoms with van der Waals surface area (Å²) in [6.07, 6.45) is 1.82. The molecule has 0 radical (unpaired) electrons. The Morgan fingerprint density at radius 3 is 2.84 bits per heavy atom. The summed E-state index contributed by atoms with van der Waals surface area (Å²) < 4.78 is 7.61. The van der Waals surface area contributed by atoms with E-state index in [4.69, 9.17) is 4.74 Å². The third kappa shape index (κ3) is 4.97. The number of rotatable bonds is 7. The van der Waals surface area contributed by atoms with Crippen LogP contribution in [-0.2, 0) is 4.74 Å². The van der Waals surface area contributed by atoms with Gasteiger partial charge in [-0.3, -0.25) is 4.79 Å². The van der Waals surface area contributed by atoms with Crippen molar-refractivity contribution in [1.29, 1.82) is 0 Å². The largest absolute Gasteiger partial charge is 0.391 e. The number of carbonyl (C=O) groups is 1. The Balaban J connectivity index is 2.54. The third-order valence-corrected chi connectivity index (χ3v) is 3.16. The lowest BCUT2D eigenvalue weighted by Crippen LogP contribution is -2.30. The van der Waals surface area contributed by atoms with Gasteiger partial charge in [0.1, 0.15) is 5.69 Å². The Hall–Kier alpha value is -0.850. The minimum atomic E-state index is -0.547. The number of methoxy groups -OCH3 is 1. The van der Waals surface area contributed by atoms with Gasteiger partial charge in [0, 0.05) is 30.4 Å². The molecule has 0 bridgehead atoms. The molecular formula is C13H21BrN2O3. The molecule has 6 heteroatoms. The van der Waals surface area contributed by atoms with E-state index in [1.54, 1.807) is 6.07 Å². The van der Waals surface area contributed by atoms with Gasteiger partial charge in [-0.2, -0.15) is 0 Å². The van der Waals surface area contributed by atoms with Crippen LogP contribution in [0.15, 0.2) is 16.7 Å². The highest BCUT2D eigenvalue weighted by Gasteiger charge is 2.15. The molecule has 1 heterocycles. The topological polar surface area (TPSA) is 63.5 Å². The van der Waals surface area contributed by atoms with Crippen molar-refractivity contribution in [3.63, 3.8) is 0 Å². The number of aromatic nitrogens is 1. The second kappa shape index (κ2) is 7.67. The molecule has 0 aliphatic heterocycles. The molecule has 2 N–H and O–H groups in total. The van der Waals surface area contributed by atoms with E-state index in [1.165, 1.54) is 7.11 Å². The van der Waals surface area contributed by atoms with E-state index >= 15 is 0 Å². The van der Waals surface area contributed by atoms with E-state index in [1.807, 2.05) is 24.6 Å². The summed E-state index contributed by atoms with van der Waals surface area (Å²) in [5.74, 6) is -0.135. The zero-order chi connectivity index (χ0) is 14.4. The minimum absolute atomic E-state index is 0.135. The SMILES string of the molecule is COCC(O)CCNC(=O)c1cc(Br)cn1C(C)C. The van der Waals surface area contributed by atoms with Crippen LogP contribution in [0.2, 0.25) is 0 Å². The fourth-order valence-corrected chi connectivity index (χ4v) is 2.21. The average molecular weight is 333 g/mol. The van der Waals surface area contributed by atoms with Crippen LogP contribution in [-0.4, -0.2) is 41.9 Å². The zero-order valence-electron chi connectivity index (χ0n) is 11.5. The zero-order valence-corrected chi connectivity index (χ0v) is 13.1. The second-order valence-electron chi connectivity index (χ2n) is 4.70. The highest BCUT2D eigenvalue weighted by molar-refractivity contribution is 9.10. The Bertz CT molecular complexity index is 418. The van der Waals surface area contributed by atoms with Gasteiger partial charge in [-0.15, -0.1) is 0 Å². The van der Waals surface area contributed by atoms with Gasteiger partial charge in [0.05, 0.1) is 12.7 Å². The Kier molecular flexibility index (Phi) is 6.54. The van der Waals surface area contributed by atoms with Crippen LogP contribution in [0.3, 0.4) is 0 Å². The normalized spacial score (nSPS) is 12.7. The Labute approximate surface area is 122 Å². The number of carbonyl (C=O) groups excluding carboxylic acids is 1. The fraction of sp³-hybridized carbons (Fsp3) is 0.615. The number of amides is 1. The molecule has 1 aromatic heterocycles. The van der Waals surface area contributed by atoms with Crippen molar-refractivity contribution in [3.05, 3.63) is 22.4 Å². The Morgan fingerprint density at radius 2 is 2.26 bits per heavy atom. The van der Waals surface area contributed by atoms with Crippen molar-refractivity contribution < 1.29 is 14.6 Å². The minimum Gasteiger partial charge on any atom is -0.391 e. The first kappa shape index (κ1) is 16.2. The molecule has 0 saturated heterocycles. The molecule has 0 fully saturated rings. The van der Waals surface area contributed by atoms with Crippen LogP contribution in [0.4, 0.5) is 0 Å². The Morgan fingerprint density at radius 1 is 1.58 bits per heavy atom. The molecule has 0 saturated carbocycles. The standard InChI is InChI=1S/C13H21BrN2O3/c1-9(2)16-7-10(14)6-12(16)13(18)15-5-4-11(17)8-19-3/h6-7,9,11,17H,4-5,8H2,1-3H3,(H,15,18). The van der Waals surface area contributed by atoms with E-state index in [9.17, 15) is 9.90 Å². The molecule has 1 aromatic rings. The van der Waals surface area contributed by atoms with E-state index in [2.05, 4.69) is 21.2 Å². The van der Waals surface area contributed by atoms with E-state index in [0.717, 1.165) is 4.47 Å². The number of hydrogen-bond acceptors (Lipinski definition) is 3. The van der Waals surface area contributed by atoms with Crippen LogP contribution >= 0.6 is 15.9 Å². The third-order valence-electron chi connectivity index (χ3n) is 2.73. The maximum Gasteiger partial charge on any atom is 0.267 e. The molecule has 0 aromatic carbocycles. The number of ether oxygens (including phenoxy) is 1. The summed E-state index contributed by atoms with van der Waals surface area (Å²) in [5.41, 5.74) is 0.614. The van der Waals surface area contributed by atoms with Crippen molar-refractivity contribution in [2.45, 2.75) is 32.4 Å². The first-order chi connectivity index (χ1) is 8.95. The van der Waals surface area contributed by atoms with Crippen LogP contribution in [0.25, 0.3) is 0 Å². The average Bonchev–Trinajstić information content (AvgIpc) is 2.72. The number of nitrogens with one attached hydrogen (secondary N) is 1. The highest BCUT2D eigenvalue weighted by Crippen LogP contribution is 2.19. The van der Waals surface area contributed by atoms with Gasteiger partial charge >= 0.3 is 0 Å². The molecule has 1 atom stereocenters. The fourth-order valence-electron chi connectivity index (χ4n) is 1.77. The number of aliphatic hydroxyl groups excluding tert-OH is 1. The molecule has 0 aliphatic carbocycles. The molecule has 108 valence electrons.